The zero-order valence-electron chi connectivity index (χ0n) is 11.2. The van der Waals surface area contributed by atoms with Crippen LogP contribution in [-0.4, -0.2) is 36.1 Å². The molecule has 3 nitrogen and oxygen atoms in total. The van der Waals surface area contributed by atoms with Gasteiger partial charge in [-0.1, -0.05) is 12.1 Å². The number of hydrogen-bond donors (Lipinski definition) is 1. The summed E-state index contributed by atoms with van der Waals surface area (Å²) >= 11 is 0. The second-order valence-electron chi connectivity index (χ2n) is 4.87. The van der Waals surface area contributed by atoms with Gasteiger partial charge in [-0.25, -0.2) is 0 Å². The predicted octanol–water partition coefficient (Wildman–Crippen LogP) is 2.30. The third-order valence-corrected chi connectivity index (χ3v) is 3.49. The van der Waals surface area contributed by atoms with Crippen LogP contribution in [-0.2, 0) is 0 Å². The summed E-state index contributed by atoms with van der Waals surface area (Å²) in [6.45, 7) is 10.3. The SMILES string of the molecule is C=CCC[C@@H](c1cccc(C)n1)N1CCNCC1. The maximum atomic E-state index is 4.71. The van der Waals surface area contributed by atoms with Gasteiger partial charge in [0.1, 0.15) is 0 Å². The molecule has 18 heavy (non-hydrogen) atoms. The maximum absolute atomic E-state index is 4.71. The number of pyridine rings is 1. The van der Waals surface area contributed by atoms with Gasteiger partial charge in [-0.3, -0.25) is 9.88 Å². The maximum Gasteiger partial charge on any atom is 0.0578 e. The van der Waals surface area contributed by atoms with Crippen LogP contribution < -0.4 is 5.32 Å². The molecule has 0 unspecified atom stereocenters. The second-order valence-corrected chi connectivity index (χ2v) is 4.87. The fourth-order valence-electron chi connectivity index (χ4n) is 2.54. The van der Waals surface area contributed by atoms with Crippen LogP contribution in [0.1, 0.15) is 30.3 Å². The smallest absolute Gasteiger partial charge is 0.0578 e. The molecule has 2 rings (SSSR count). The van der Waals surface area contributed by atoms with Gasteiger partial charge < -0.3 is 5.32 Å². The topological polar surface area (TPSA) is 28.2 Å². The fourth-order valence-corrected chi connectivity index (χ4v) is 2.54. The highest BCUT2D eigenvalue weighted by molar-refractivity contribution is 5.14. The zero-order chi connectivity index (χ0) is 12.8. The Morgan fingerprint density at radius 3 is 2.89 bits per heavy atom. The number of rotatable bonds is 5. The van der Waals surface area contributed by atoms with Crippen molar-refractivity contribution in [2.24, 2.45) is 0 Å². The highest BCUT2D eigenvalue weighted by Crippen LogP contribution is 2.24. The van der Waals surface area contributed by atoms with E-state index in [0.29, 0.717) is 6.04 Å². The van der Waals surface area contributed by atoms with Gasteiger partial charge in [0.25, 0.3) is 0 Å². The van der Waals surface area contributed by atoms with Gasteiger partial charge in [0.2, 0.25) is 0 Å². The molecule has 3 heteroatoms. The van der Waals surface area contributed by atoms with Crippen molar-refractivity contribution in [1.29, 1.82) is 0 Å². The molecule has 0 spiro atoms. The monoisotopic (exact) mass is 245 g/mol. The van der Waals surface area contributed by atoms with E-state index in [-0.39, 0.29) is 0 Å². The molecule has 2 heterocycles. The summed E-state index contributed by atoms with van der Waals surface area (Å²) in [6.07, 6.45) is 4.16. The van der Waals surface area contributed by atoms with Crippen LogP contribution in [0.5, 0.6) is 0 Å². The third kappa shape index (κ3) is 3.40. The van der Waals surface area contributed by atoms with Gasteiger partial charge in [0.15, 0.2) is 0 Å². The van der Waals surface area contributed by atoms with Gasteiger partial charge in [-0.15, -0.1) is 6.58 Å². The van der Waals surface area contributed by atoms with E-state index in [4.69, 9.17) is 4.98 Å². The van der Waals surface area contributed by atoms with E-state index in [1.54, 1.807) is 0 Å². The summed E-state index contributed by atoms with van der Waals surface area (Å²) in [5.74, 6) is 0. The Bertz CT molecular complexity index is 383. The van der Waals surface area contributed by atoms with Crippen LogP contribution in [0, 0.1) is 6.92 Å². The molecule has 98 valence electrons. The van der Waals surface area contributed by atoms with Gasteiger partial charge in [0, 0.05) is 31.9 Å². The molecule has 0 aliphatic carbocycles. The Kier molecular flexibility index (Phi) is 4.90. The van der Waals surface area contributed by atoms with E-state index in [2.05, 4.69) is 41.9 Å². The van der Waals surface area contributed by atoms with E-state index in [1.165, 1.54) is 5.69 Å². The quantitative estimate of drug-likeness (QED) is 0.807. The zero-order valence-corrected chi connectivity index (χ0v) is 11.2. The Labute approximate surface area is 110 Å². The van der Waals surface area contributed by atoms with Crippen LogP contribution in [0.15, 0.2) is 30.9 Å². The van der Waals surface area contributed by atoms with Crippen LogP contribution in [0.2, 0.25) is 0 Å². The lowest BCUT2D eigenvalue weighted by Crippen LogP contribution is -2.45. The summed E-state index contributed by atoms with van der Waals surface area (Å²) in [6, 6.07) is 6.76. The van der Waals surface area contributed by atoms with Crippen LogP contribution in [0.25, 0.3) is 0 Å². The Hall–Kier alpha value is -1.19. The lowest BCUT2D eigenvalue weighted by atomic mass is 10.0. The average Bonchev–Trinajstić information content (AvgIpc) is 2.40. The molecule has 1 saturated heterocycles. The first-order valence-electron chi connectivity index (χ1n) is 6.80. The summed E-state index contributed by atoms with van der Waals surface area (Å²) in [4.78, 5) is 7.25. The van der Waals surface area contributed by atoms with E-state index in [9.17, 15) is 0 Å². The number of hydrogen-bond acceptors (Lipinski definition) is 3. The van der Waals surface area contributed by atoms with Crippen molar-refractivity contribution in [1.82, 2.24) is 15.2 Å². The van der Waals surface area contributed by atoms with E-state index >= 15 is 0 Å². The molecule has 1 fully saturated rings. The van der Waals surface area contributed by atoms with Crippen molar-refractivity contribution in [2.45, 2.75) is 25.8 Å². The molecular formula is C15H23N3. The first-order chi connectivity index (χ1) is 8.81. The van der Waals surface area contributed by atoms with E-state index in [1.807, 2.05) is 6.08 Å². The van der Waals surface area contributed by atoms with Crippen molar-refractivity contribution in [3.05, 3.63) is 42.2 Å². The fraction of sp³-hybridized carbons (Fsp3) is 0.533. The highest BCUT2D eigenvalue weighted by atomic mass is 15.2. The van der Waals surface area contributed by atoms with Crippen molar-refractivity contribution in [3.8, 4) is 0 Å². The van der Waals surface area contributed by atoms with Crippen molar-refractivity contribution >= 4 is 0 Å². The normalized spacial score (nSPS) is 18.5. The lowest BCUT2D eigenvalue weighted by Gasteiger charge is -2.34. The second kappa shape index (κ2) is 6.66. The Balaban J connectivity index is 2.15. The highest BCUT2D eigenvalue weighted by Gasteiger charge is 2.22. The van der Waals surface area contributed by atoms with Crippen LogP contribution in [0.4, 0.5) is 0 Å². The number of aromatic nitrogens is 1. The first kappa shape index (κ1) is 13.2. The minimum atomic E-state index is 0.435. The number of nitrogens with zero attached hydrogens (tertiary/aromatic N) is 2. The van der Waals surface area contributed by atoms with Crippen LogP contribution in [0.3, 0.4) is 0 Å². The molecule has 1 aliphatic heterocycles. The van der Waals surface area contributed by atoms with E-state index in [0.717, 1.165) is 44.7 Å². The number of allylic oxidation sites excluding steroid dienone is 1. The number of nitrogens with one attached hydrogen (secondary N) is 1. The molecule has 0 amide bonds. The molecule has 0 bridgehead atoms. The largest absolute Gasteiger partial charge is 0.314 e. The summed E-state index contributed by atoms with van der Waals surface area (Å²) in [5, 5.41) is 3.41. The molecule has 0 saturated carbocycles. The molecule has 1 aromatic heterocycles. The molecule has 1 aliphatic rings. The van der Waals surface area contributed by atoms with E-state index < -0.39 is 0 Å². The molecule has 0 radical (unpaired) electrons. The van der Waals surface area contributed by atoms with Crippen molar-refractivity contribution in [3.63, 3.8) is 0 Å². The number of aryl methyl sites for hydroxylation is 1. The Morgan fingerprint density at radius 2 is 2.22 bits per heavy atom. The summed E-state index contributed by atoms with van der Waals surface area (Å²) in [5.41, 5.74) is 2.31. The van der Waals surface area contributed by atoms with Gasteiger partial charge in [-0.05, 0) is 31.9 Å². The standard InChI is InChI=1S/C15H23N3/c1-3-4-8-15(18-11-9-16-10-12-18)14-7-5-6-13(2)17-14/h3,5-7,15-16H,1,4,8-12H2,2H3/t15-/m0/s1. The lowest BCUT2D eigenvalue weighted by molar-refractivity contribution is 0.163. The third-order valence-electron chi connectivity index (χ3n) is 3.49. The van der Waals surface area contributed by atoms with Crippen LogP contribution >= 0.6 is 0 Å². The average molecular weight is 245 g/mol. The number of piperazine rings is 1. The van der Waals surface area contributed by atoms with Gasteiger partial charge >= 0.3 is 0 Å². The summed E-state index contributed by atoms with van der Waals surface area (Å²) in [7, 11) is 0. The molecule has 1 N–H and O–H groups in total. The molecule has 1 aromatic rings. The summed E-state index contributed by atoms with van der Waals surface area (Å²) < 4.78 is 0. The van der Waals surface area contributed by atoms with Crippen molar-refractivity contribution in [2.75, 3.05) is 26.2 Å². The van der Waals surface area contributed by atoms with Gasteiger partial charge in [-0.2, -0.15) is 0 Å². The minimum Gasteiger partial charge on any atom is -0.314 e. The molecule has 1 atom stereocenters. The minimum absolute atomic E-state index is 0.435. The van der Waals surface area contributed by atoms with Crippen molar-refractivity contribution < 1.29 is 0 Å². The Morgan fingerprint density at radius 1 is 1.44 bits per heavy atom. The predicted molar refractivity (Wildman–Crippen MR) is 75.6 cm³/mol. The van der Waals surface area contributed by atoms with Gasteiger partial charge in [0.05, 0.1) is 11.7 Å². The first-order valence-corrected chi connectivity index (χ1v) is 6.80. The molecule has 0 aromatic carbocycles. The molecular weight excluding hydrogens is 222 g/mol.